The van der Waals surface area contributed by atoms with E-state index >= 15 is 0 Å². The zero-order valence-corrected chi connectivity index (χ0v) is 15.8. The molecule has 3 N–H and O–H groups in total. The highest BCUT2D eigenvalue weighted by molar-refractivity contribution is 7.21. The Bertz CT molecular complexity index is 977. The van der Waals surface area contributed by atoms with Crippen LogP contribution in [0.5, 0.6) is 0 Å². The van der Waals surface area contributed by atoms with Gasteiger partial charge < -0.3 is 11.1 Å². The summed E-state index contributed by atoms with van der Waals surface area (Å²) in [5, 5.41) is 3.90. The average Bonchev–Trinajstić information content (AvgIpc) is 2.93. The Labute approximate surface area is 157 Å². The molecule has 1 aliphatic rings. The van der Waals surface area contributed by atoms with Crippen molar-refractivity contribution in [2.45, 2.75) is 45.4 Å². The normalized spacial score (nSPS) is 14.5. The van der Waals surface area contributed by atoms with E-state index in [9.17, 15) is 4.79 Å². The number of nitrogen functional groups attached to an aromatic ring is 1. The third-order valence-corrected chi connectivity index (χ3v) is 6.21. The molecular weight excluding hydrogens is 342 g/mol. The second-order valence-corrected chi connectivity index (χ2v) is 7.97. The van der Waals surface area contributed by atoms with Crippen molar-refractivity contribution in [3.05, 3.63) is 52.0 Å². The summed E-state index contributed by atoms with van der Waals surface area (Å²) in [6.07, 6.45) is 7.01. The van der Waals surface area contributed by atoms with Crippen molar-refractivity contribution in [2.75, 3.05) is 11.1 Å². The molecule has 0 fully saturated rings. The summed E-state index contributed by atoms with van der Waals surface area (Å²) in [7, 11) is 0. The number of nitrogens with zero attached hydrogens (tertiary/aromatic N) is 1. The number of amides is 1. The zero-order chi connectivity index (χ0) is 18.1. The van der Waals surface area contributed by atoms with Crippen LogP contribution in [0.25, 0.3) is 10.2 Å². The van der Waals surface area contributed by atoms with Crippen molar-refractivity contribution in [3.63, 3.8) is 0 Å². The standard InChI is InChI=1S/C21H23N3OS/c1-13-8-6-7-10-16(13)23-20(25)19-18(22)15-12-14-9-4-2-3-5-11-17(14)24-21(15)26-19/h6-8,10,12H,2-5,9,11,22H2,1H3,(H,23,25). The summed E-state index contributed by atoms with van der Waals surface area (Å²) in [5.74, 6) is -0.160. The molecule has 0 aliphatic heterocycles. The SMILES string of the molecule is Cc1ccccc1NC(=O)c1sc2nc3c(cc2c1N)CCCCCC3. The molecule has 2 aromatic heterocycles. The number of aromatic nitrogens is 1. The van der Waals surface area contributed by atoms with E-state index in [0.29, 0.717) is 10.6 Å². The van der Waals surface area contributed by atoms with Crippen molar-refractivity contribution in [1.29, 1.82) is 0 Å². The van der Waals surface area contributed by atoms with Gasteiger partial charge in [-0.15, -0.1) is 11.3 Å². The van der Waals surface area contributed by atoms with Crippen LogP contribution in [0.3, 0.4) is 0 Å². The first-order valence-corrected chi connectivity index (χ1v) is 10.0. The van der Waals surface area contributed by atoms with E-state index < -0.39 is 0 Å². The van der Waals surface area contributed by atoms with E-state index in [1.165, 1.54) is 48.3 Å². The molecule has 5 heteroatoms. The molecule has 0 atom stereocenters. The maximum atomic E-state index is 12.8. The van der Waals surface area contributed by atoms with Gasteiger partial charge in [0, 0.05) is 16.8 Å². The summed E-state index contributed by atoms with van der Waals surface area (Å²) < 4.78 is 0. The van der Waals surface area contributed by atoms with Gasteiger partial charge in [-0.3, -0.25) is 4.79 Å². The Kier molecular flexibility index (Phi) is 4.64. The summed E-state index contributed by atoms with van der Waals surface area (Å²) in [5.41, 5.74) is 11.2. The molecular formula is C21H23N3OS. The second kappa shape index (κ2) is 7.08. The van der Waals surface area contributed by atoms with Gasteiger partial charge in [0.05, 0.1) is 5.69 Å². The molecule has 134 valence electrons. The highest BCUT2D eigenvalue weighted by Gasteiger charge is 2.20. The topological polar surface area (TPSA) is 68.0 Å². The third-order valence-electron chi connectivity index (χ3n) is 5.10. The van der Waals surface area contributed by atoms with Crippen molar-refractivity contribution < 1.29 is 4.79 Å². The Hall–Kier alpha value is -2.40. The van der Waals surface area contributed by atoms with Gasteiger partial charge in [-0.2, -0.15) is 0 Å². The highest BCUT2D eigenvalue weighted by Crippen LogP contribution is 2.35. The molecule has 0 unspecified atom stereocenters. The van der Waals surface area contributed by atoms with E-state index in [2.05, 4.69) is 11.4 Å². The van der Waals surface area contributed by atoms with Crippen molar-refractivity contribution >= 4 is 38.8 Å². The average molecular weight is 366 g/mol. The largest absolute Gasteiger partial charge is 0.397 e. The molecule has 0 saturated heterocycles. The number of thiophene rings is 1. The van der Waals surface area contributed by atoms with Gasteiger partial charge in [-0.1, -0.05) is 31.0 Å². The summed E-state index contributed by atoms with van der Waals surface area (Å²) >= 11 is 1.39. The Morgan fingerprint density at radius 3 is 2.73 bits per heavy atom. The summed E-state index contributed by atoms with van der Waals surface area (Å²) in [6, 6.07) is 9.92. The number of carbonyl (C=O) groups excluding carboxylic acids is 1. The van der Waals surface area contributed by atoms with Crippen molar-refractivity contribution in [2.24, 2.45) is 0 Å². The van der Waals surface area contributed by atoms with Gasteiger partial charge in [0.1, 0.15) is 9.71 Å². The molecule has 4 rings (SSSR count). The predicted molar refractivity (Wildman–Crippen MR) is 109 cm³/mol. The molecule has 1 aliphatic carbocycles. The van der Waals surface area contributed by atoms with Gasteiger partial charge in [0.2, 0.25) is 0 Å². The molecule has 0 spiro atoms. The Morgan fingerprint density at radius 2 is 1.92 bits per heavy atom. The van der Waals surface area contributed by atoms with E-state index in [1.807, 2.05) is 31.2 Å². The lowest BCUT2D eigenvalue weighted by Crippen LogP contribution is -2.12. The maximum Gasteiger partial charge on any atom is 0.267 e. The van der Waals surface area contributed by atoms with Crippen LogP contribution in [0.2, 0.25) is 0 Å². The van der Waals surface area contributed by atoms with Crippen LogP contribution in [0.4, 0.5) is 11.4 Å². The predicted octanol–water partition coefficient (Wildman–Crippen LogP) is 5.10. The number of hydrogen-bond acceptors (Lipinski definition) is 4. The molecule has 1 aromatic carbocycles. The number of nitrogens with one attached hydrogen (secondary N) is 1. The molecule has 0 bridgehead atoms. The monoisotopic (exact) mass is 365 g/mol. The number of pyridine rings is 1. The van der Waals surface area contributed by atoms with Crippen LogP contribution >= 0.6 is 11.3 Å². The fraction of sp³-hybridized carbons (Fsp3) is 0.333. The van der Waals surface area contributed by atoms with E-state index in [4.69, 9.17) is 10.7 Å². The third kappa shape index (κ3) is 3.19. The van der Waals surface area contributed by atoms with E-state index in [0.717, 1.165) is 34.3 Å². The molecule has 26 heavy (non-hydrogen) atoms. The van der Waals surface area contributed by atoms with Gasteiger partial charge in [0.25, 0.3) is 5.91 Å². The molecule has 1 amide bonds. The fourth-order valence-electron chi connectivity index (χ4n) is 3.57. The number of anilines is 2. The second-order valence-electron chi connectivity index (χ2n) is 6.98. The molecule has 3 aromatic rings. The first-order chi connectivity index (χ1) is 12.6. The number of fused-ring (bicyclic) bond motifs is 2. The summed E-state index contributed by atoms with van der Waals surface area (Å²) in [4.78, 5) is 19.1. The lowest BCUT2D eigenvalue weighted by Gasteiger charge is -2.12. The molecule has 0 radical (unpaired) electrons. The number of rotatable bonds is 2. The quantitative estimate of drug-likeness (QED) is 0.664. The zero-order valence-electron chi connectivity index (χ0n) is 15.0. The summed E-state index contributed by atoms with van der Waals surface area (Å²) in [6.45, 7) is 1.98. The van der Waals surface area contributed by atoms with Crippen molar-refractivity contribution in [3.8, 4) is 0 Å². The van der Waals surface area contributed by atoms with Crippen LogP contribution in [-0.4, -0.2) is 10.9 Å². The van der Waals surface area contributed by atoms with Gasteiger partial charge in [0.15, 0.2) is 0 Å². The van der Waals surface area contributed by atoms with Crippen LogP contribution in [0, 0.1) is 6.92 Å². The van der Waals surface area contributed by atoms with E-state index in [-0.39, 0.29) is 5.91 Å². The van der Waals surface area contributed by atoms with Gasteiger partial charge in [-0.25, -0.2) is 4.98 Å². The minimum Gasteiger partial charge on any atom is -0.397 e. The minimum absolute atomic E-state index is 0.160. The van der Waals surface area contributed by atoms with Gasteiger partial charge >= 0.3 is 0 Å². The maximum absolute atomic E-state index is 12.8. The van der Waals surface area contributed by atoms with Crippen LogP contribution < -0.4 is 11.1 Å². The number of nitrogens with two attached hydrogens (primary N) is 1. The number of hydrogen-bond donors (Lipinski definition) is 2. The minimum atomic E-state index is -0.160. The van der Waals surface area contributed by atoms with E-state index in [1.54, 1.807) is 0 Å². The van der Waals surface area contributed by atoms with Crippen LogP contribution in [-0.2, 0) is 12.8 Å². The van der Waals surface area contributed by atoms with Crippen LogP contribution in [0.15, 0.2) is 30.3 Å². The fourth-order valence-corrected chi connectivity index (χ4v) is 4.57. The lowest BCUT2D eigenvalue weighted by molar-refractivity contribution is 0.103. The Morgan fingerprint density at radius 1 is 1.15 bits per heavy atom. The number of carbonyl (C=O) groups is 1. The van der Waals surface area contributed by atoms with Crippen LogP contribution in [0.1, 0.15) is 52.2 Å². The smallest absolute Gasteiger partial charge is 0.267 e. The number of benzene rings is 1. The first kappa shape index (κ1) is 17.0. The van der Waals surface area contributed by atoms with Gasteiger partial charge in [-0.05, 0) is 55.9 Å². The number of para-hydroxylation sites is 1. The van der Waals surface area contributed by atoms with Crippen molar-refractivity contribution in [1.82, 2.24) is 4.98 Å². The molecule has 4 nitrogen and oxygen atoms in total. The molecule has 2 heterocycles. The molecule has 0 saturated carbocycles. The lowest BCUT2D eigenvalue weighted by atomic mass is 9.96. The number of aryl methyl sites for hydroxylation is 3. The Balaban J connectivity index is 1.70. The first-order valence-electron chi connectivity index (χ1n) is 9.21. The highest BCUT2D eigenvalue weighted by atomic mass is 32.1.